The Morgan fingerprint density at radius 1 is 1.00 bits per heavy atom. The van der Waals surface area contributed by atoms with Crippen molar-refractivity contribution in [2.24, 2.45) is 0 Å². The van der Waals surface area contributed by atoms with E-state index in [-0.39, 0.29) is 0 Å². The van der Waals surface area contributed by atoms with Gasteiger partial charge in [0.25, 0.3) is 0 Å². The van der Waals surface area contributed by atoms with E-state index in [1.807, 2.05) is 30.3 Å². The first-order valence-corrected chi connectivity index (χ1v) is 5.66. The van der Waals surface area contributed by atoms with Crippen LogP contribution in [0, 0.1) is 9.64 Å². The molecule has 0 fully saturated rings. The average Bonchev–Trinajstić information content (AvgIpc) is 2.19. The number of rotatable bonds is 1. The first kappa shape index (κ1) is 9.99. The highest BCUT2D eigenvalue weighted by Crippen LogP contribution is 2.26. The monoisotopic (exact) mass is 313 g/mol. The molecule has 14 heavy (non-hydrogen) atoms. The molecule has 2 aromatic carbocycles. The van der Waals surface area contributed by atoms with E-state index >= 15 is 0 Å². The van der Waals surface area contributed by atoms with Crippen LogP contribution in [-0.4, -0.2) is 0 Å². The third-order valence-electron chi connectivity index (χ3n) is 1.95. The molecule has 2 aromatic rings. The Hall–Kier alpha value is -0.540. The van der Waals surface area contributed by atoms with Crippen LogP contribution in [0.2, 0.25) is 5.02 Å². The highest BCUT2D eigenvalue weighted by molar-refractivity contribution is 14.1. The van der Waals surface area contributed by atoms with Gasteiger partial charge in [0.1, 0.15) is 0 Å². The maximum Gasteiger partial charge on any atom is 0.0496 e. The summed E-state index contributed by atoms with van der Waals surface area (Å²) in [6, 6.07) is 17.2. The van der Waals surface area contributed by atoms with Crippen molar-refractivity contribution in [2.45, 2.75) is 0 Å². The SMILES string of the molecule is Clc1[c]c(I)c(-c2ccccc2)cc1. The summed E-state index contributed by atoms with van der Waals surface area (Å²) in [5.74, 6) is 0. The lowest BCUT2D eigenvalue weighted by Gasteiger charge is -2.03. The molecule has 0 nitrogen and oxygen atoms in total. The van der Waals surface area contributed by atoms with E-state index in [1.54, 1.807) is 0 Å². The van der Waals surface area contributed by atoms with Gasteiger partial charge >= 0.3 is 0 Å². The summed E-state index contributed by atoms with van der Waals surface area (Å²) in [5, 5.41) is 0.661. The van der Waals surface area contributed by atoms with Crippen LogP contribution < -0.4 is 0 Å². The Labute approximate surface area is 102 Å². The highest BCUT2D eigenvalue weighted by Gasteiger charge is 2.02. The zero-order valence-electron chi connectivity index (χ0n) is 7.30. The topological polar surface area (TPSA) is 0 Å². The summed E-state index contributed by atoms with van der Waals surface area (Å²) in [6.07, 6.45) is 0. The maximum atomic E-state index is 5.84. The number of benzene rings is 2. The second-order valence-corrected chi connectivity index (χ2v) is 4.39. The zero-order chi connectivity index (χ0) is 9.97. The molecule has 0 unspecified atom stereocenters. The van der Waals surface area contributed by atoms with Crippen LogP contribution in [-0.2, 0) is 0 Å². The maximum absolute atomic E-state index is 5.84. The van der Waals surface area contributed by atoms with E-state index in [2.05, 4.69) is 40.8 Å². The molecule has 0 atom stereocenters. The predicted molar refractivity (Wildman–Crippen MR) is 68.4 cm³/mol. The minimum atomic E-state index is 0.661. The molecule has 0 spiro atoms. The highest BCUT2D eigenvalue weighted by atomic mass is 127. The van der Waals surface area contributed by atoms with Crippen molar-refractivity contribution in [3.8, 4) is 11.1 Å². The van der Waals surface area contributed by atoms with Crippen LogP contribution in [0.5, 0.6) is 0 Å². The van der Waals surface area contributed by atoms with Gasteiger partial charge in [-0.05, 0) is 39.8 Å². The zero-order valence-corrected chi connectivity index (χ0v) is 10.2. The third kappa shape index (κ3) is 2.10. The Balaban J connectivity index is 2.53. The Kier molecular flexibility index (Phi) is 3.08. The first-order valence-electron chi connectivity index (χ1n) is 4.20. The van der Waals surface area contributed by atoms with Crippen molar-refractivity contribution in [3.63, 3.8) is 0 Å². The average molecular weight is 314 g/mol. The van der Waals surface area contributed by atoms with Crippen LogP contribution in [0.25, 0.3) is 11.1 Å². The van der Waals surface area contributed by atoms with Crippen LogP contribution >= 0.6 is 34.2 Å². The summed E-state index contributed by atoms with van der Waals surface area (Å²) in [4.78, 5) is 0. The van der Waals surface area contributed by atoms with Gasteiger partial charge in [-0.2, -0.15) is 0 Å². The van der Waals surface area contributed by atoms with Gasteiger partial charge in [-0.3, -0.25) is 0 Å². The van der Waals surface area contributed by atoms with Crippen LogP contribution in [0.15, 0.2) is 42.5 Å². The van der Waals surface area contributed by atoms with Crippen molar-refractivity contribution < 1.29 is 0 Å². The normalized spacial score (nSPS) is 10.1. The second-order valence-electron chi connectivity index (χ2n) is 2.90. The summed E-state index contributed by atoms with van der Waals surface area (Å²) < 4.78 is 1.06. The lowest BCUT2D eigenvalue weighted by atomic mass is 10.1. The van der Waals surface area contributed by atoms with Gasteiger partial charge in [0.2, 0.25) is 0 Å². The van der Waals surface area contributed by atoms with Gasteiger partial charge in [-0.15, -0.1) is 0 Å². The van der Waals surface area contributed by atoms with E-state index in [0.29, 0.717) is 5.02 Å². The molecule has 2 rings (SSSR count). The smallest absolute Gasteiger partial charge is 0.0496 e. The molecule has 0 saturated carbocycles. The van der Waals surface area contributed by atoms with E-state index in [0.717, 1.165) is 3.57 Å². The quantitative estimate of drug-likeness (QED) is 0.684. The summed E-state index contributed by atoms with van der Waals surface area (Å²) in [7, 11) is 0. The molecule has 0 aliphatic carbocycles. The minimum absolute atomic E-state index is 0.661. The molecule has 0 aromatic heterocycles. The molecule has 1 radical (unpaired) electrons. The van der Waals surface area contributed by atoms with Crippen molar-refractivity contribution >= 4 is 34.2 Å². The summed E-state index contributed by atoms with van der Waals surface area (Å²) in [5.41, 5.74) is 2.38. The van der Waals surface area contributed by atoms with E-state index < -0.39 is 0 Å². The first-order chi connectivity index (χ1) is 6.77. The van der Waals surface area contributed by atoms with E-state index in [1.165, 1.54) is 11.1 Å². The molecular formula is C12H7ClI. The molecular weight excluding hydrogens is 306 g/mol. The largest absolute Gasteiger partial charge is 0.0836 e. The summed E-state index contributed by atoms with van der Waals surface area (Å²) >= 11 is 8.09. The van der Waals surface area contributed by atoms with Crippen molar-refractivity contribution in [1.29, 1.82) is 0 Å². The van der Waals surface area contributed by atoms with Crippen LogP contribution in [0.1, 0.15) is 0 Å². The number of hydrogen-bond donors (Lipinski definition) is 0. The fourth-order valence-corrected chi connectivity index (χ4v) is 2.38. The molecule has 0 N–H and O–H groups in total. The fraction of sp³-hybridized carbons (Fsp3) is 0. The molecule has 0 saturated heterocycles. The molecule has 0 aliphatic heterocycles. The van der Waals surface area contributed by atoms with Gasteiger partial charge in [0, 0.05) is 14.7 Å². The Bertz CT molecular complexity index is 437. The standard InChI is InChI=1S/C12H7ClI/c13-10-6-7-11(12(14)8-10)9-4-2-1-3-5-9/h1-7H. The number of hydrogen-bond acceptors (Lipinski definition) is 0. The molecule has 0 aliphatic rings. The summed E-state index contributed by atoms with van der Waals surface area (Å²) in [6.45, 7) is 0. The molecule has 2 heteroatoms. The van der Waals surface area contributed by atoms with Gasteiger partial charge in [-0.25, -0.2) is 0 Å². The van der Waals surface area contributed by atoms with Crippen molar-refractivity contribution in [1.82, 2.24) is 0 Å². The lowest BCUT2D eigenvalue weighted by molar-refractivity contribution is 1.57. The fourth-order valence-electron chi connectivity index (χ4n) is 1.28. The molecule has 0 heterocycles. The Morgan fingerprint density at radius 2 is 1.71 bits per heavy atom. The van der Waals surface area contributed by atoms with Crippen molar-refractivity contribution in [3.05, 3.63) is 57.1 Å². The van der Waals surface area contributed by atoms with Gasteiger partial charge in [-0.1, -0.05) is 48.0 Å². The van der Waals surface area contributed by atoms with Gasteiger partial charge < -0.3 is 0 Å². The van der Waals surface area contributed by atoms with E-state index in [9.17, 15) is 0 Å². The van der Waals surface area contributed by atoms with E-state index in [4.69, 9.17) is 11.6 Å². The number of halogens is 2. The third-order valence-corrected chi connectivity index (χ3v) is 3.02. The van der Waals surface area contributed by atoms with Crippen LogP contribution in [0.3, 0.4) is 0 Å². The van der Waals surface area contributed by atoms with Gasteiger partial charge in [0.15, 0.2) is 0 Å². The molecule has 0 bridgehead atoms. The predicted octanol–water partition coefficient (Wildman–Crippen LogP) is 4.41. The molecule has 0 amide bonds. The molecule has 69 valence electrons. The Morgan fingerprint density at radius 3 is 2.36 bits per heavy atom. The second kappa shape index (κ2) is 4.32. The van der Waals surface area contributed by atoms with Crippen molar-refractivity contribution in [2.75, 3.05) is 0 Å². The lowest BCUT2D eigenvalue weighted by Crippen LogP contribution is -1.82. The van der Waals surface area contributed by atoms with Gasteiger partial charge in [0.05, 0.1) is 0 Å². The van der Waals surface area contributed by atoms with Crippen LogP contribution in [0.4, 0.5) is 0 Å². The minimum Gasteiger partial charge on any atom is -0.0836 e.